The molecule has 0 radical (unpaired) electrons. The van der Waals surface area contributed by atoms with E-state index in [0.717, 1.165) is 17.7 Å². The standard InChI is InChI=1S/C21H26N2O4/c1-5-15-7-10-17(11-8-15)27-14-21(24)23-22-18(6-2)16-9-12-19(25-3)20(13-16)26-4/h7-13H,5-6,14H2,1-4H3,(H,23,24)/b22-18+. The molecule has 1 N–H and O–H groups in total. The Kier molecular flexibility index (Phi) is 7.67. The lowest BCUT2D eigenvalue weighted by molar-refractivity contribution is -0.123. The summed E-state index contributed by atoms with van der Waals surface area (Å²) in [7, 11) is 3.17. The van der Waals surface area contributed by atoms with Crippen molar-refractivity contribution in [3.8, 4) is 17.2 Å². The minimum absolute atomic E-state index is 0.0993. The van der Waals surface area contributed by atoms with Crippen LogP contribution in [-0.2, 0) is 11.2 Å². The number of methoxy groups -OCH3 is 2. The molecule has 144 valence electrons. The molecule has 2 rings (SSSR count). The lowest BCUT2D eigenvalue weighted by atomic mass is 10.1. The van der Waals surface area contributed by atoms with Crippen molar-refractivity contribution in [2.45, 2.75) is 26.7 Å². The molecule has 6 heteroatoms. The number of carbonyl (C=O) groups is 1. The number of nitrogens with zero attached hydrogens (tertiary/aromatic N) is 1. The van der Waals surface area contributed by atoms with E-state index in [2.05, 4.69) is 17.5 Å². The van der Waals surface area contributed by atoms with Gasteiger partial charge in [-0.15, -0.1) is 0 Å². The van der Waals surface area contributed by atoms with Gasteiger partial charge < -0.3 is 14.2 Å². The van der Waals surface area contributed by atoms with Gasteiger partial charge in [0, 0.05) is 5.56 Å². The van der Waals surface area contributed by atoms with E-state index < -0.39 is 0 Å². The third-order valence-corrected chi connectivity index (χ3v) is 4.07. The van der Waals surface area contributed by atoms with Gasteiger partial charge in [0.1, 0.15) is 5.75 Å². The van der Waals surface area contributed by atoms with E-state index in [1.165, 1.54) is 5.56 Å². The van der Waals surface area contributed by atoms with Gasteiger partial charge in [0.25, 0.3) is 5.91 Å². The summed E-state index contributed by atoms with van der Waals surface area (Å²) in [5.41, 5.74) is 5.35. The van der Waals surface area contributed by atoms with Crippen molar-refractivity contribution in [3.05, 3.63) is 53.6 Å². The number of ether oxygens (including phenoxy) is 3. The summed E-state index contributed by atoms with van der Waals surface area (Å²) in [6.45, 7) is 3.95. The maximum Gasteiger partial charge on any atom is 0.277 e. The number of nitrogens with one attached hydrogen (secondary N) is 1. The monoisotopic (exact) mass is 370 g/mol. The maximum atomic E-state index is 12.0. The fraction of sp³-hybridized carbons (Fsp3) is 0.333. The van der Waals surface area contributed by atoms with E-state index in [1.807, 2.05) is 49.4 Å². The maximum absolute atomic E-state index is 12.0. The number of hydrogen-bond acceptors (Lipinski definition) is 5. The van der Waals surface area contributed by atoms with Crippen LogP contribution < -0.4 is 19.6 Å². The van der Waals surface area contributed by atoms with Crippen LogP contribution in [-0.4, -0.2) is 32.4 Å². The molecule has 0 bridgehead atoms. The predicted molar refractivity (Wildman–Crippen MR) is 106 cm³/mol. The molecule has 0 aromatic heterocycles. The SMILES string of the molecule is CC/C(=N\NC(=O)COc1ccc(CC)cc1)c1ccc(OC)c(OC)c1. The van der Waals surface area contributed by atoms with Crippen LogP contribution in [0.4, 0.5) is 0 Å². The molecular weight excluding hydrogens is 344 g/mol. The summed E-state index contributed by atoms with van der Waals surface area (Å²) in [6, 6.07) is 13.2. The number of hydrazone groups is 1. The van der Waals surface area contributed by atoms with Crippen LogP contribution in [0.15, 0.2) is 47.6 Å². The smallest absolute Gasteiger partial charge is 0.277 e. The number of hydrogen-bond donors (Lipinski definition) is 1. The fourth-order valence-electron chi connectivity index (χ4n) is 2.50. The lowest BCUT2D eigenvalue weighted by Crippen LogP contribution is -2.26. The first kappa shape index (κ1) is 20.3. The molecule has 2 aromatic rings. The Hall–Kier alpha value is -3.02. The normalized spacial score (nSPS) is 11.0. The van der Waals surface area contributed by atoms with Crippen LogP contribution in [0, 0.1) is 0 Å². The van der Waals surface area contributed by atoms with Gasteiger partial charge >= 0.3 is 0 Å². The second-order valence-electron chi connectivity index (χ2n) is 5.80. The minimum atomic E-state index is -0.319. The Balaban J connectivity index is 1.98. The van der Waals surface area contributed by atoms with Crippen LogP contribution in [0.1, 0.15) is 31.4 Å². The molecule has 0 aliphatic carbocycles. The van der Waals surface area contributed by atoms with Crippen molar-refractivity contribution in [3.63, 3.8) is 0 Å². The molecule has 2 aromatic carbocycles. The van der Waals surface area contributed by atoms with E-state index in [4.69, 9.17) is 14.2 Å². The Bertz CT molecular complexity index is 785. The average molecular weight is 370 g/mol. The highest BCUT2D eigenvalue weighted by Gasteiger charge is 2.09. The fourth-order valence-corrected chi connectivity index (χ4v) is 2.50. The van der Waals surface area contributed by atoms with Crippen LogP contribution in [0.25, 0.3) is 0 Å². The Morgan fingerprint density at radius 2 is 1.70 bits per heavy atom. The molecule has 0 aliphatic rings. The second kappa shape index (κ2) is 10.2. The van der Waals surface area contributed by atoms with Crippen LogP contribution in [0.5, 0.6) is 17.2 Å². The van der Waals surface area contributed by atoms with Crippen LogP contribution in [0.3, 0.4) is 0 Å². The summed E-state index contributed by atoms with van der Waals surface area (Å²) < 4.78 is 16.0. The first-order chi connectivity index (χ1) is 13.1. The summed E-state index contributed by atoms with van der Waals surface area (Å²) >= 11 is 0. The third kappa shape index (κ3) is 5.74. The van der Waals surface area contributed by atoms with Gasteiger partial charge in [0.15, 0.2) is 18.1 Å². The molecule has 0 aliphatic heterocycles. The van der Waals surface area contributed by atoms with Gasteiger partial charge in [-0.25, -0.2) is 5.43 Å². The van der Waals surface area contributed by atoms with Crippen molar-refractivity contribution in [1.29, 1.82) is 0 Å². The highest BCUT2D eigenvalue weighted by molar-refractivity contribution is 6.01. The molecule has 1 amide bonds. The predicted octanol–water partition coefficient (Wildman–Crippen LogP) is 3.58. The van der Waals surface area contributed by atoms with Crippen molar-refractivity contribution in [2.75, 3.05) is 20.8 Å². The average Bonchev–Trinajstić information content (AvgIpc) is 2.72. The van der Waals surface area contributed by atoms with E-state index in [9.17, 15) is 4.79 Å². The summed E-state index contributed by atoms with van der Waals surface area (Å²) in [5.74, 6) is 1.59. The zero-order chi connectivity index (χ0) is 19.6. The first-order valence-electron chi connectivity index (χ1n) is 8.90. The van der Waals surface area contributed by atoms with Crippen molar-refractivity contribution >= 4 is 11.6 Å². The molecule has 0 fully saturated rings. The third-order valence-electron chi connectivity index (χ3n) is 4.07. The van der Waals surface area contributed by atoms with Crippen LogP contribution >= 0.6 is 0 Å². The molecule has 0 unspecified atom stereocenters. The van der Waals surface area contributed by atoms with Crippen LogP contribution in [0.2, 0.25) is 0 Å². The van der Waals surface area contributed by atoms with Gasteiger partial charge in [-0.3, -0.25) is 4.79 Å². The summed E-state index contributed by atoms with van der Waals surface area (Å²) in [4.78, 5) is 12.0. The summed E-state index contributed by atoms with van der Waals surface area (Å²) in [6.07, 6.45) is 1.61. The van der Waals surface area contributed by atoms with E-state index in [1.54, 1.807) is 14.2 Å². The van der Waals surface area contributed by atoms with E-state index in [-0.39, 0.29) is 12.5 Å². The topological polar surface area (TPSA) is 69.2 Å². The van der Waals surface area contributed by atoms with Gasteiger partial charge in [0.05, 0.1) is 19.9 Å². The Labute approximate surface area is 160 Å². The number of rotatable bonds is 9. The second-order valence-corrected chi connectivity index (χ2v) is 5.80. The largest absolute Gasteiger partial charge is 0.493 e. The first-order valence-corrected chi connectivity index (χ1v) is 8.90. The molecule has 0 spiro atoms. The quantitative estimate of drug-likeness (QED) is 0.541. The number of benzene rings is 2. The van der Waals surface area contributed by atoms with Crippen molar-refractivity contribution in [2.24, 2.45) is 5.10 Å². The zero-order valence-electron chi connectivity index (χ0n) is 16.2. The molecule has 0 atom stereocenters. The zero-order valence-corrected chi connectivity index (χ0v) is 16.2. The lowest BCUT2D eigenvalue weighted by Gasteiger charge is -2.11. The molecular formula is C21H26N2O4. The van der Waals surface area contributed by atoms with Gasteiger partial charge in [-0.1, -0.05) is 26.0 Å². The molecule has 27 heavy (non-hydrogen) atoms. The van der Waals surface area contributed by atoms with Gasteiger partial charge in [-0.2, -0.15) is 5.10 Å². The highest BCUT2D eigenvalue weighted by atomic mass is 16.5. The molecule has 0 saturated heterocycles. The highest BCUT2D eigenvalue weighted by Crippen LogP contribution is 2.28. The Morgan fingerprint density at radius 1 is 1.00 bits per heavy atom. The van der Waals surface area contributed by atoms with Crippen molar-refractivity contribution < 1.29 is 19.0 Å². The molecule has 6 nitrogen and oxygen atoms in total. The Morgan fingerprint density at radius 3 is 2.30 bits per heavy atom. The van der Waals surface area contributed by atoms with E-state index >= 15 is 0 Å². The van der Waals surface area contributed by atoms with Gasteiger partial charge in [-0.05, 0) is 48.7 Å². The molecule has 0 heterocycles. The van der Waals surface area contributed by atoms with Crippen molar-refractivity contribution in [1.82, 2.24) is 5.43 Å². The molecule has 0 saturated carbocycles. The number of aryl methyl sites for hydroxylation is 1. The van der Waals surface area contributed by atoms with Gasteiger partial charge in [0.2, 0.25) is 0 Å². The number of carbonyl (C=O) groups excluding carboxylic acids is 1. The van der Waals surface area contributed by atoms with E-state index in [0.29, 0.717) is 23.7 Å². The minimum Gasteiger partial charge on any atom is -0.493 e. The number of amides is 1. The summed E-state index contributed by atoms with van der Waals surface area (Å²) in [5, 5.41) is 4.22.